The normalized spacial score (nSPS) is 18.4. The predicted octanol–water partition coefficient (Wildman–Crippen LogP) is 0.897. The first-order valence-electron chi connectivity index (χ1n) is 6.61. The highest BCUT2D eigenvalue weighted by Crippen LogP contribution is 2.23. The lowest BCUT2D eigenvalue weighted by atomic mass is 9.91. The SMILES string of the molecule is COC(=O)C(O)C1CCN(Cc2ccc(C#N)o2)CC1. The standard InChI is InChI=1S/C14H18N2O4/c1-19-14(18)13(17)10-4-6-16(7-5-10)9-12-3-2-11(8-15)20-12/h2-3,10,13,17H,4-7,9H2,1H3. The van der Waals surface area contributed by atoms with E-state index in [0.29, 0.717) is 12.3 Å². The number of aliphatic hydroxyl groups excluding tert-OH is 1. The zero-order valence-corrected chi connectivity index (χ0v) is 11.4. The number of aliphatic hydroxyl groups is 1. The predicted molar refractivity (Wildman–Crippen MR) is 69.4 cm³/mol. The molecular formula is C14H18N2O4. The van der Waals surface area contributed by atoms with Crippen molar-refractivity contribution in [3.05, 3.63) is 23.7 Å². The summed E-state index contributed by atoms with van der Waals surface area (Å²) in [7, 11) is 1.28. The van der Waals surface area contributed by atoms with Crippen LogP contribution in [0.5, 0.6) is 0 Å². The van der Waals surface area contributed by atoms with Gasteiger partial charge in [-0.1, -0.05) is 0 Å². The second kappa shape index (κ2) is 6.55. The third kappa shape index (κ3) is 3.38. The Morgan fingerprint density at radius 3 is 2.85 bits per heavy atom. The van der Waals surface area contributed by atoms with E-state index in [1.54, 1.807) is 12.1 Å². The van der Waals surface area contributed by atoms with Gasteiger partial charge in [0.2, 0.25) is 5.76 Å². The minimum Gasteiger partial charge on any atom is -0.467 e. The lowest BCUT2D eigenvalue weighted by Gasteiger charge is -2.32. The third-order valence-corrected chi connectivity index (χ3v) is 3.67. The Labute approximate surface area is 117 Å². The van der Waals surface area contributed by atoms with Gasteiger partial charge in [0.1, 0.15) is 11.8 Å². The first-order valence-corrected chi connectivity index (χ1v) is 6.61. The molecule has 1 saturated heterocycles. The first-order chi connectivity index (χ1) is 9.63. The molecule has 1 atom stereocenters. The van der Waals surface area contributed by atoms with Crippen LogP contribution in [-0.2, 0) is 16.1 Å². The minimum atomic E-state index is -1.03. The highest BCUT2D eigenvalue weighted by Gasteiger charge is 2.30. The van der Waals surface area contributed by atoms with Crippen molar-refractivity contribution in [1.82, 2.24) is 4.90 Å². The van der Waals surface area contributed by atoms with Gasteiger partial charge >= 0.3 is 5.97 Å². The van der Waals surface area contributed by atoms with E-state index in [2.05, 4.69) is 9.64 Å². The molecule has 2 heterocycles. The molecule has 0 aliphatic carbocycles. The smallest absolute Gasteiger partial charge is 0.334 e. The number of nitrogens with zero attached hydrogens (tertiary/aromatic N) is 2. The molecule has 1 aliphatic heterocycles. The zero-order chi connectivity index (χ0) is 14.5. The molecule has 1 aromatic rings. The molecule has 1 unspecified atom stereocenters. The van der Waals surface area contributed by atoms with Crippen LogP contribution in [0.1, 0.15) is 24.4 Å². The van der Waals surface area contributed by atoms with Crippen LogP contribution in [0.3, 0.4) is 0 Å². The van der Waals surface area contributed by atoms with E-state index in [1.807, 2.05) is 6.07 Å². The molecule has 0 bridgehead atoms. The van der Waals surface area contributed by atoms with E-state index in [-0.39, 0.29) is 5.92 Å². The van der Waals surface area contributed by atoms with E-state index < -0.39 is 12.1 Å². The maximum Gasteiger partial charge on any atom is 0.334 e. The monoisotopic (exact) mass is 278 g/mol. The largest absolute Gasteiger partial charge is 0.467 e. The van der Waals surface area contributed by atoms with Crippen LogP contribution in [0.4, 0.5) is 0 Å². The summed E-state index contributed by atoms with van der Waals surface area (Å²) in [4.78, 5) is 13.5. The molecule has 0 amide bonds. The number of carbonyl (C=O) groups excluding carboxylic acids is 1. The zero-order valence-electron chi connectivity index (χ0n) is 11.4. The summed E-state index contributed by atoms with van der Waals surface area (Å²) in [5, 5.41) is 18.5. The number of methoxy groups -OCH3 is 1. The molecule has 0 radical (unpaired) electrons. The number of likely N-dealkylation sites (tertiary alicyclic amines) is 1. The van der Waals surface area contributed by atoms with Crippen molar-refractivity contribution < 1.29 is 19.1 Å². The van der Waals surface area contributed by atoms with Crippen LogP contribution >= 0.6 is 0 Å². The van der Waals surface area contributed by atoms with E-state index in [4.69, 9.17) is 9.68 Å². The average molecular weight is 278 g/mol. The van der Waals surface area contributed by atoms with Gasteiger partial charge in [0.15, 0.2) is 6.10 Å². The summed E-state index contributed by atoms with van der Waals surface area (Å²) in [5.41, 5.74) is 0. The number of ether oxygens (including phenoxy) is 1. The van der Waals surface area contributed by atoms with Crippen LogP contribution in [0.15, 0.2) is 16.5 Å². The molecule has 1 aromatic heterocycles. The van der Waals surface area contributed by atoms with Crippen molar-refractivity contribution in [2.24, 2.45) is 5.92 Å². The van der Waals surface area contributed by atoms with Gasteiger partial charge in [-0.2, -0.15) is 5.26 Å². The summed E-state index contributed by atoms with van der Waals surface area (Å²) < 4.78 is 9.89. The summed E-state index contributed by atoms with van der Waals surface area (Å²) in [6.45, 7) is 2.20. The highest BCUT2D eigenvalue weighted by atomic mass is 16.5. The van der Waals surface area contributed by atoms with Gasteiger partial charge < -0.3 is 14.3 Å². The molecule has 1 N–H and O–H groups in total. The van der Waals surface area contributed by atoms with Gasteiger partial charge in [0.05, 0.1) is 13.7 Å². The maximum absolute atomic E-state index is 11.3. The fraction of sp³-hybridized carbons (Fsp3) is 0.571. The van der Waals surface area contributed by atoms with E-state index in [9.17, 15) is 9.90 Å². The second-order valence-electron chi connectivity index (χ2n) is 4.96. The Bertz CT molecular complexity index is 498. The quantitative estimate of drug-likeness (QED) is 0.823. The number of esters is 1. The number of nitriles is 1. The summed E-state index contributed by atoms with van der Waals surface area (Å²) in [5.74, 6) is 0.461. The Hall–Kier alpha value is -1.84. The summed E-state index contributed by atoms with van der Waals surface area (Å²) >= 11 is 0. The Balaban J connectivity index is 1.82. The van der Waals surface area contributed by atoms with Crippen molar-refractivity contribution in [2.75, 3.05) is 20.2 Å². The Morgan fingerprint density at radius 1 is 1.60 bits per heavy atom. The van der Waals surface area contributed by atoms with Crippen LogP contribution in [0, 0.1) is 17.2 Å². The minimum absolute atomic E-state index is 0.0510. The van der Waals surface area contributed by atoms with Gasteiger partial charge in [-0.05, 0) is 44.0 Å². The number of rotatable bonds is 4. The topological polar surface area (TPSA) is 86.7 Å². The van der Waals surface area contributed by atoms with Crippen LogP contribution in [-0.4, -0.2) is 42.3 Å². The first kappa shape index (κ1) is 14.6. The van der Waals surface area contributed by atoms with Gasteiger partial charge in [0, 0.05) is 0 Å². The number of hydrogen-bond acceptors (Lipinski definition) is 6. The van der Waals surface area contributed by atoms with Gasteiger partial charge in [-0.3, -0.25) is 4.90 Å². The number of hydrogen-bond donors (Lipinski definition) is 1. The van der Waals surface area contributed by atoms with Crippen molar-refractivity contribution >= 4 is 5.97 Å². The fourth-order valence-corrected chi connectivity index (χ4v) is 2.48. The van der Waals surface area contributed by atoms with Gasteiger partial charge in [0.25, 0.3) is 0 Å². The lowest BCUT2D eigenvalue weighted by molar-refractivity contribution is -0.154. The molecule has 6 heteroatoms. The van der Waals surface area contributed by atoms with Crippen molar-refractivity contribution in [3.8, 4) is 6.07 Å². The third-order valence-electron chi connectivity index (χ3n) is 3.67. The van der Waals surface area contributed by atoms with Crippen molar-refractivity contribution in [2.45, 2.75) is 25.5 Å². The van der Waals surface area contributed by atoms with Crippen molar-refractivity contribution in [3.63, 3.8) is 0 Å². The molecule has 2 rings (SSSR count). The molecule has 0 saturated carbocycles. The molecule has 108 valence electrons. The van der Waals surface area contributed by atoms with E-state index in [1.165, 1.54) is 7.11 Å². The maximum atomic E-state index is 11.3. The van der Waals surface area contributed by atoms with E-state index in [0.717, 1.165) is 31.7 Å². The highest BCUT2D eigenvalue weighted by molar-refractivity contribution is 5.74. The van der Waals surface area contributed by atoms with Gasteiger partial charge in [-0.25, -0.2) is 4.79 Å². The summed E-state index contributed by atoms with van der Waals surface area (Å²) in [6.07, 6.45) is 0.445. The molecule has 6 nitrogen and oxygen atoms in total. The number of carbonyl (C=O) groups is 1. The van der Waals surface area contributed by atoms with E-state index >= 15 is 0 Å². The second-order valence-corrected chi connectivity index (χ2v) is 4.96. The molecule has 1 aliphatic rings. The van der Waals surface area contributed by atoms with Crippen molar-refractivity contribution in [1.29, 1.82) is 5.26 Å². The number of furan rings is 1. The average Bonchev–Trinajstić information content (AvgIpc) is 2.94. The van der Waals surface area contributed by atoms with Crippen LogP contribution < -0.4 is 0 Å². The molecule has 0 aromatic carbocycles. The molecule has 1 fully saturated rings. The van der Waals surface area contributed by atoms with Crippen LogP contribution in [0.2, 0.25) is 0 Å². The molecule has 0 spiro atoms. The van der Waals surface area contributed by atoms with Gasteiger partial charge in [-0.15, -0.1) is 0 Å². The Kier molecular flexibility index (Phi) is 4.77. The Morgan fingerprint density at radius 2 is 2.30 bits per heavy atom. The molecular weight excluding hydrogens is 260 g/mol. The summed E-state index contributed by atoms with van der Waals surface area (Å²) in [6, 6.07) is 5.41. The molecule has 20 heavy (non-hydrogen) atoms. The lowest BCUT2D eigenvalue weighted by Crippen LogP contribution is -2.40. The number of piperidine rings is 1. The van der Waals surface area contributed by atoms with Crippen LogP contribution in [0.25, 0.3) is 0 Å². The fourth-order valence-electron chi connectivity index (χ4n) is 2.48.